The molecule has 0 saturated heterocycles. The number of amides is 1. The zero-order valence-electron chi connectivity index (χ0n) is 17.9. The van der Waals surface area contributed by atoms with E-state index >= 15 is 0 Å². The number of aryl methyl sites for hydroxylation is 1. The summed E-state index contributed by atoms with van der Waals surface area (Å²) in [7, 11) is 0. The first-order valence-electron chi connectivity index (χ1n) is 9.91. The van der Waals surface area contributed by atoms with Gasteiger partial charge in [-0.3, -0.25) is 4.79 Å². The van der Waals surface area contributed by atoms with Gasteiger partial charge in [0.05, 0.1) is 11.1 Å². The minimum absolute atomic E-state index is 0.0296. The number of carbonyl (C=O) groups is 1. The average Bonchev–Trinajstić information content (AvgIpc) is 2.60. The number of carbonyl (C=O) groups excluding carboxylic acids is 1. The third-order valence-corrected chi connectivity index (χ3v) is 5.41. The van der Waals surface area contributed by atoms with E-state index in [-0.39, 0.29) is 11.3 Å². The Bertz CT molecular complexity index is 822. The van der Waals surface area contributed by atoms with Crippen molar-refractivity contribution in [2.75, 3.05) is 11.9 Å². The Kier molecular flexibility index (Phi) is 7.70. The fourth-order valence-electron chi connectivity index (χ4n) is 3.04. The molecule has 4 heteroatoms. The Morgan fingerprint density at radius 1 is 1.18 bits per heavy atom. The second-order valence-corrected chi connectivity index (χ2v) is 9.44. The van der Waals surface area contributed by atoms with E-state index in [1.807, 2.05) is 25.1 Å². The van der Waals surface area contributed by atoms with Crippen LogP contribution in [0.2, 0.25) is 0 Å². The molecule has 28 heavy (non-hydrogen) atoms. The molecular weight excluding hydrogens is 414 g/mol. The molecule has 2 aromatic rings. The molecule has 3 nitrogen and oxygen atoms in total. The van der Waals surface area contributed by atoms with Gasteiger partial charge in [-0.15, -0.1) is 0 Å². The number of nitrogens with one attached hydrogen (secondary N) is 1. The minimum atomic E-state index is 0.0296. The van der Waals surface area contributed by atoms with Crippen LogP contribution in [0.3, 0.4) is 0 Å². The highest BCUT2D eigenvalue weighted by Gasteiger charge is 2.15. The van der Waals surface area contributed by atoms with Crippen LogP contribution in [0, 0.1) is 6.92 Å². The molecule has 0 bridgehead atoms. The Hall–Kier alpha value is -1.81. The van der Waals surface area contributed by atoms with Gasteiger partial charge >= 0.3 is 0 Å². The van der Waals surface area contributed by atoms with E-state index in [0.29, 0.717) is 25.4 Å². The molecule has 2 aromatic carbocycles. The van der Waals surface area contributed by atoms with Gasteiger partial charge in [0, 0.05) is 12.1 Å². The maximum Gasteiger partial charge on any atom is 0.224 e. The van der Waals surface area contributed by atoms with Crippen LogP contribution in [0.15, 0.2) is 40.9 Å². The number of benzene rings is 2. The predicted octanol–water partition coefficient (Wildman–Crippen LogP) is 6.98. The van der Waals surface area contributed by atoms with Crippen molar-refractivity contribution >= 4 is 27.5 Å². The maximum absolute atomic E-state index is 12.4. The Balaban J connectivity index is 1.87. The van der Waals surface area contributed by atoms with Crippen LogP contribution in [-0.2, 0) is 10.2 Å². The van der Waals surface area contributed by atoms with Crippen molar-refractivity contribution in [2.45, 2.75) is 65.7 Å². The summed E-state index contributed by atoms with van der Waals surface area (Å²) in [5.41, 5.74) is 4.57. The maximum atomic E-state index is 12.4. The second-order valence-electron chi connectivity index (χ2n) is 8.59. The molecular formula is C24H32BrNO2. The van der Waals surface area contributed by atoms with E-state index in [1.165, 1.54) is 11.1 Å². The molecule has 1 amide bonds. The third kappa shape index (κ3) is 6.10. The van der Waals surface area contributed by atoms with Crippen molar-refractivity contribution in [3.05, 3.63) is 57.6 Å². The van der Waals surface area contributed by atoms with E-state index in [1.54, 1.807) is 0 Å². The lowest BCUT2D eigenvalue weighted by Crippen LogP contribution is -2.15. The van der Waals surface area contributed by atoms with Gasteiger partial charge in [-0.1, -0.05) is 58.9 Å². The zero-order valence-corrected chi connectivity index (χ0v) is 19.4. The normalized spacial score (nSPS) is 11.6. The molecule has 0 saturated carbocycles. The van der Waals surface area contributed by atoms with Crippen molar-refractivity contribution in [3.63, 3.8) is 0 Å². The van der Waals surface area contributed by atoms with Crippen molar-refractivity contribution in [1.29, 1.82) is 0 Å². The summed E-state index contributed by atoms with van der Waals surface area (Å²) in [6, 6.07) is 12.3. The van der Waals surface area contributed by atoms with Crippen molar-refractivity contribution < 1.29 is 9.53 Å². The largest absolute Gasteiger partial charge is 0.492 e. The summed E-state index contributed by atoms with van der Waals surface area (Å²) in [4.78, 5) is 12.4. The number of hydrogen-bond donors (Lipinski definition) is 1. The van der Waals surface area contributed by atoms with Gasteiger partial charge in [-0.25, -0.2) is 0 Å². The summed E-state index contributed by atoms with van der Waals surface area (Å²) in [6.07, 6.45) is 1.10. The lowest BCUT2D eigenvalue weighted by Gasteiger charge is -2.20. The zero-order chi connectivity index (χ0) is 20.9. The molecule has 0 fully saturated rings. The molecule has 2 rings (SSSR count). The molecule has 0 heterocycles. The average molecular weight is 446 g/mol. The first kappa shape index (κ1) is 22.5. The fraction of sp³-hybridized carbons (Fsp3) is 0.458. The van der Waals surface area contributed by atoms with E-state index in [9.17, 15) is 4.79 Å². The van der Waals surface area contributed by atoms with Crippen LogP contribution in [0.4, 0.5) is 5.69 Å². The van der Waals surface area contributed by atoms with Gasteiger partial charge in [-0.05, 0) is 69.4 Å². The number of halogens is 1. The Labute approximate surface area is 178 Å². The first-order chi connectivity index (χ1) is 13.1. The highest BCUT2D eigenvalue weighted by Crippen LogP contribution is 2.31. The molecule has 0 unspecified atom stereocenters. The SMILES string of the molecule is Cc1cccc(C(C)C)c1NC(=O)CCCOc1ccc(C(C)(C)C)cc1Br. The van der Waals surface area contributed by atoms with Gasteiger partial charge < -0.3 is 10.1 Å². The summed E-state index contributed by atoms with van der Waals surface area (Å²) in [6.45, 7) is 13.4. The van der Waals surface area contributed by atoms with E-state index < -0.39 is 0 Å². The van der Waals surface area contributed by atoms with Crippen LogP contribution < -0.4 is 10.1 Å². The lowest BCUT2D eigenvalue weighted by atomic mass is 9.87. The van der Waals surface area contributed by atoms with Crippen molar-refractivity contribution in [1.82, 2.24) is 0 Å². The van der Waals surface area contributed by atoms with E-state index in [4.69, 9.17) is 4.74 Å². The quantitative estimate of drug-likeness (QED) is 0.466. The van der Waals surface area contributed by atoms with Crippen LogP contribution in [-0.4, -0.2) is 12.5 Å². The summed E-state index contributed by atoms with van der Waals surface area (Å²) in [5, 5.41) is 3.09. The molecule has 1 N–H and O–H groups in total. The van der Waals surface area contributed by atoms with Crippen LogP contribution >= 0.6 is 15.9 Å². The Morgan fingerprint density at radius 2 is 1.89 bits per heavy atom. The van der Waals surface area contributed by atoms with Crippen LogP contribution in [0.5, 0.6) is 5.75 Å². The van der Waals surface area contributed by atoms with Gasteiger partial charge in [-0.2, -0.15) is 0 Å². The topological polar surface area (TPSA) is 38.3 Å². The van der Waals surface area contributed by atoms with Gasteiger partial charge in [0.25, 0.3) is 0 Å². The number of ether oxygens (including phenoxy) is 1. The second kappa shape index (κ2) is 9.60. The molecule has 0 radical (unpaired) electrons. The lowest BCUT2D eigenvalue weighted by molar-refractivity contribution is -0.116. The van der Waals surface area contributed by atoms with Crippen LogP contribution in [0.25, 0.3) is 0 Å². The van der Waals surface area contributed by atoms with E-state index in [2.05, 4.69) is 74.1 Å². The van der Waals surface area contributed by atoms with Gasteiger partial charge in [0.2, 0.25) is 5.91 Å². The standard InChI is InChI=1S/C24H32BrNO2/c1-16(2)19-10-7-9-17(3)23(19)26-22(27)11-8-14-28-21-13-12-18(15-20(21)25)24(4,5)6/h7,9-10,12-13,15-16H,8,11,14H2,1-6H3,(H,26,27). The highest BCUT2D eigenvalue weighted by molar-refractivity contribution is 9.10. The smallest absolute Gasteiger partial charge is 0.224 e. The summed E-state index contributed by atoms with van der Waals surface area (Å²) < 4.78 is 6.81. The molecule has 0 spiro atoms. The summed E-state index contributed by atoms with van der Waals surface area (Å²) in [5.74, 6) is 1.21. The van der Waals surface area contributed by atoms with Gasteiger partial charge in [0.15, 0.2) is 0 Å². The first-order valence-corrected chi connectivity index (χ1v) is 10.7. The molecule has 0 aliphatic carbocycles. The summed E-state index contributed by atoms with van der Waals surface area (Å²) >= 11 is 3.59. The number of para-hydroxylation sites is 1. The predicted molar refractivity (Wildman–Crippen MR) is 121 cm³/mol. The molecule has 0 aromatic heterocycles. The van der Waals surface area contributed by atoms with Crippen LogP contribution in [0.1, 0.15) is 70.1 Å². The van der Waals surface area contributed by atoms with Crippen molar-refractivity contribution in [2.24, 2.45) is 0 Å². The monoisotopic (exact) mass is 445 g/mol. The molecule has 0 aliphatic heterocycles. The molecule has 152 valence electrons. The highest BCUT2D eigenvalue weighted by atomic mass is 79.9. The third-order valence-electron chi connectivity index (χ3n) is 4.80. The fourth-order valence-corrected chi connectivity index (χ4v) is 3.54. The Morgan fingerprint density at radius 3 is 2.50 bits per heavy atom. The molecule has 0 aliphatic rings. The number of rotatable bonds is 7. The van der Waals surface area contributed by atoms with Crippen molar-refractivity contribution in [3.8, 4) is 5.75 Å². The minimum Gasteiger partial charge on any atom is -0.492 e. The molecule has 0 atom stereocenters. The van der Waals surface area contributed by atoms with Gasteiger partial charge in [0.1, 0.15) is 5.75 Å². The van der Waals surface area contributed by atoms with E-state index in [0.717, 1.165) is 21.5 Å². The number of hydrogen-bond acceptors (Lipinski definition) is 2. The number of anilines is 1.